The molecule has 1 aromatic rings. The number of unbranched alkanes of at least 4 members (excludes halogenated alkanes) is 7. The second kappa shape index (κ2) is 10.6. The lowest BCUT2D eigenvalue weighted by Gasteiger charge is -2.07. The number of pyridine rings is 1. The predicted octanol–water partition coefficient (Wildman–Crippen LogP) is 4.91. The number of amides is 1. The number of rotatable bonds is 10. The van der Waals surface area contributed by atoms with Crippen molar-refractivity contribution in [2.75, 3.05) is 6.54 Å². The van der Waals surface area contributed by atoms with E-state index in [1.54, 1.807) is 12.3 Å². The van der Waals surface area contributed by atoms with Gasteiger partial charge in [0, 0.05) is 18.4 Å². The molecule has 1 aromatic heterocycles. The summed E-state index contributed by atoms with van der Waals surface area (Å²) in [4.78, 5) is 16.1. The van der Waals surface area contributed by atoms with Gasteiger partial charge < -0.3 is 5.32 Å². The highest BCUT2D eigenvalue weighted by atomic mass is 35.5. The molecule has 0 aliphatic heterocycles. The highest BCUT2D eigenvalue weighted by molar-refractivity contribution is 6.33. The van der Waals surface area contributed by atoms with Gasteiger partial charge >= 0.3 is 0 Å². The molecule has 0 atom stereocenters. The Morgan fingerprint density at radius 1 is 1.14 bits per heavy atom. The molecule has 0 bridgehead atoms. The van der Waals surface area contributed by atoms with E-state index in [0.717, 1.165) is 12.1 Å². The van der Waals surface area contributed by atoms with E-state index >= 15 is 0 Å². The van der Waals surface area contributed by atoms with Gasteiger partial charge in [-0.25, -0.2) is 0 Å². The third-order valence-corrected chi connectivity index (χ3v) is 3.86. The van der Waals surface area contributed by atoms with Crippen molar-refractivity contribution < 1.29 is 4.79 Å². The molecule has 0 saturated carbocycles. The zero-order valence-electron chi connectivity index (χ0n) is 13.3. The summed E-state index contributed by atoms with van der Waals surface area (Å²) < 4.78 is 0. The van der Waals surface area contributed by atoms with Gasteiger partial charge in [0.2, 0.25) is 0 Å². The van der Waals surface area contributed by atoms with E-state index in [9.17, 15) is 4.79 Å². The molecule has 0 spiro atoms. The smallest absolute Gasteiger partial charge is 0.254 e. The Labute approximate surface area is 133 Å². The maximum atomic E-state index is 11.9. The molecule has 0 fully saturated rings. The van der Waals surface area contributed by atoms with E-state index in [-0.39, 0.29) is 5.91 Å². The lowest BCUT2D eigenvalue weighted by molar-refractivity contribution is 0.0952. The molecule has 1 rings (SSSR count). The van der Waals surface area contributed by atoms with E-state index in [4.69, 9.17) is 11.6 Å². The second-order valence-corrected chi connectivity index (χ2v) is 5.94. The fourth-order valence-electron chi connectivity index (χ4n) is 2.25. The van der Waals surface area contributed by atoms with Crippen LogP contribution in [0.4, 0.5) is 0 Å². The van der Waals surface area contributed by atoms with Gasteiger partial charge in [-0.1, -0.05) is 63.5 Å². The van der Waals surface area contributed by atoms with Crippen LogP contribution in [0.1, 0.15) is 74.3 Å². The molecule has 21 heavy (non-hydrogen) atoms. The third-order valence-electron chi connectivity index (χ3n) is 3.55. The zero-order chi connectivity index (χ0) is 15.5. The van der Waals surface area contributed by atoms with Gasteiger partial charge in [-0.3, -0.25) is 9.78 Å². The van der Waals surface area contributed by atoms with E-state index < -0.39 is 0 Å². The van der Waals surface area contributed by atoms with Gasteiger partial charge in [0.25, 0.3) is 5.91 Å². The predicted molar refractivity (Wildman–Crippen MR) is 88.9 cm³/mol. The highest BCUT2D eigenvalue weighted by Crippen LogP contribution is 2.15. The number of hydrogen-bond donors (Lipinski definition) is 1. The van der Waals surface area contributed by atoms with Crippen molar-refractivity contribution in [2.45, 2.75) is 65.2 Å². The molecule has 1 amide bonds. The number of carbonyl (C=O) groups excluding carboxylic acids is 1. The van der Waals surface area contributed by atoms with Gasteiger partial charge in [0.05, 0.1) is 10.6 Å². The summed E-state index contributed by atoms with van der Waals surface area (Å²) in [6.07, 6.45) is 11.6. The van der Waals surface area contributed by atoms with Gasteiger partial charge in [-0.2, -0.15) is 0 Å². The number of aryl methyl sites for hydroxylation is 1. The van der Waals surface area contributed by atoms with Gasteiger partial charge in [-0.05, 0) is 19.4 Å². The van der Waals surface area contributed by atoms with E-state index in [0.29, 0.717) is 17.1 Å². The number of halogens is 1. The quantitative estimate of drug-likeness (QED) is 0.624. The monoisotopic (exact) mass is 310 g/mol. The van der Waals surface area contributed by atoms with Crippen LogP contribution >= 0.6 is 11.6 Å². The number of carbonyl (C=O) groups is 1. The molecule has 0 radical (unpaired) electrons. The SMILES string of the molecule is CCCCCCCCCCNC(=O)c1cnc(C)cc1Cl. The van der Waals surface area contributed by atoms with Crippen molar-refractivity contribution >= 4 is 17.5 Å². The van der Waals surface area contributed by atoms with E-state index in [1.807, 2.05) is 6.92 Å². The van der Waals surface area contributed by atoms with Crippen LogP contribution in [0.5, 0.6) is 0 Å². The van der Waals surface area contributed by atoms with Crippen molar-refractivity contribution in [1.29, 1.82) is 0 Å². The average Bonchev–Trinajstić information content (AvgIpc) is 2.45. The van der Waals surface area contributed by atoms with Crippen molar-refractivity contribution in [1.82, 2.24) is 10.3 Å². The number of nitrogens with zero attached hydrogens (tertiary/aromatic N) is 1. The van der Waals surface area contributed by atoms with Crippen LogP contribution in [0, 0.1) is 6.92 Å². The highest BCUT2D eigenvalue weighted by Gasteiger charge is 2.10. The maximum absolute atomic E-state index is 11.9. The molecule has 118 valence electrons. The van der Waals surface area contributed by atoms with Crippen LogP contribution in [0.3, 0.4) is 0 Å². The first-order valence-corrected chi connectivity index (χ1v) is 8.43. The molecule has 4 heteroatoms. The lowest BCUT2D eigenvalue weighted by atomic mass is 10.1. The molecule has 0 aromatic carbocycles. The Balaban J connectivity index is 2.11. The summed E-state index contributed by atoms with van der Waals surface area (Å²) in [5, 5.41) is 3.38. The molecular formula is C17H27ClN2O. The van der Waals surface area contributed by atoms with Crippen LogP contribution in [-0.2, 0) is 0 Å². The fraction of sp³-hybridized carbons (Fsp3) is 0.647. The van der Waals surface area contributed by atoms with Crippen LogP contribution in [0.15, 0.2) is 12.3 Å². The van der Waals surface area contributed by atoms with E-state index in [2.05, 4.69) is 17.2 Å². The Kier molecular flexibility index (Phi) is 9.07. The van der Waals surface area contributed by atoms with Crippen LogP contribution < -0.4 is 5.32 Å². The van der Waals surface area contributed by atoms with E-state index in [1.165, 1.54) is 44.9 Å². The zero-order valence-corrected chi connectivity index (χ0v) is 14.0. The van der Waals surface area contributed by atoms with Crippen molar-refractivity contribution in [3.8, 4) is 0 Å². The molecular weight excluding hydrogens is 284 g/mol. The molecule has 0 unspecified atom stereocenters. The first-order chi connectivity index (χ1) is 10.1. The third kappa shape index (κ3) is 7.47. The van der Waals surface area contributed by atoms with Gasteiger partial charge in [0.1, 0.15) is 0 Å². The summed E-state index contributed by atoms with van der Waals surface area (Å²) >= 11 is 6.05. The van der Waals surface area contributed by atoms with Crippen LogP contribution in [-0.4, -0.2) is 17.4 Å². The minimum absolute atomic E-state index is 0.129. The van der Waals surface area contributed by atoms with Gasteiger partial charge in [-0.15, -0.1) is 0 Å². The van der Waals surface area contributed by atoms with Gasteiger partial charge in [0.15, 0.2) is 0 Å². The first kappa shape index (κ1) is 18.0. The normalized spacial score (nSPS) is 10.6. The fourth-order valence-corrected chi connectivity index (χ4v) is 2.54. The Morgan fingerprint density at radius 3 is 2.38 bits per heavy atom. The average molecular weight is 311 g/mol. The summed E-state index contributed by atoms with van der Waals surface area (Å²) in [6.45, 7) is 4.80. The molecule has 0 saturated heterocycles. The first-order valence-electron chi connectivity index (χ1n) is 8.05. The molecule has 1 heterocycles. The Hall–Kier alpha value is -1.09. The topological polar surface area (TPSA) is 42.0 Å². The Bertz CT molecular complexity index is 435. The Morgan fingerprint density at radius 2 is 1.76 bits per heavy atom. The van der Waals surface area contributed by atoms with Crippen molar-refractivity contribution in [3.63, 3.8) is 0 Å². The largest absolute Gasteiger partial charge is 0.352 e. The number of nitrogens with one attached hydrogen (secondary N) is 1. The standard InChI is InChI=1S/C17H27ClN2O/c1-3-4-5-6-7-8-9-10-11-19-17(21)15-13-20-14(2)12-16(15)18/h12-13H,3-11H2,1-2H3,(H,19,21). The summed E-state index contributed by atoms with van der Waals surface area (Å²) in [5.41, 5.74) is 1.28. The minimum atomic E-state index is -0.129. The van der Waals surface area contributed by atoms with Crippen molar-refractivity contribution in [3.05, 3.63) is 28.5 Å². The van der Waals surface area contributed by atoms with Crippen LogP contribution in [0.2, 0.25) is 5.02 Å². The van der Waals surface area contributed by atoms with Crippen LogP contribution in [0.25, 0.3) is 0 Å². The number of hydrogen-bond acceptors (Lipinski definition) is 2. The summed E-state index contributed by atoms with van der Waals surface area (Å²) in [5.74, 6) is -0.129. The summed E-state index contributed by atoms with van der Waals surface area (Å²) in [6, 6.07) is 1.72. The lowest BCUT2D eigenvalue weighted by Crippen LogP contribution is -2.24. The molecule has 0 aliphatic carbocycles. The molecule has 1 N–H and O–H groups in total. The number of aromatic nitrogens is 1. The summed E-state index contributed by atoms with van der Waals surface area (Å²) in [7, 11) is 0. The van der Waals surface area contributed by atoms with Crippen molar-refractivity contribution in [2.24, 2.45) is 0 Å². The molecule has 3 nitrogen and oxygen atoms in total. The molecule has 0 aliphatic rings. The minimum Gasteiger partial charge on any atom is -0.352 e. The second-order valence-electron chi connectivity index (χ2n) is 5.54. The maximum Gasteiger partial charge on any atom is 0.254 e.